The van der Waals surface area contributed by atoms with Crippen molar-refractivity contribution in [3.63, 3.8) is 0 Å². The largest absolute Gasteiger partial charge is 0.325 e. The zero-order chi connectivity index (χ0) is 19.9. The van der Waals surface area contributed by atoms with Crippen LogP contribution >= 0.6 is 11.8 Å². The van der Waals surface area contributed by atoms with Gasteiger partial charge in [-0.1, -0.05) is 31.5 Å². The molecule has 27 heavy (non-hydrogen) atoms. The van der Waals surface area contributed by atoms with E-state index in [9.17, 15) is 13.2 Å². The van der Waals surface area contributed by atoms with Gasteiger partial charge in [0, 0.05) is 26.3 Å². The van der Waals surface area contributed by atoms with Crippen LogP contribution in [0.15, 0.2) is 40.6 Å². The maximum absolute atomic E-state index is 12.2. The van der Waals surface area contributed by atoms with Gasteiger partial charge in [-0.05, 0) is 30.7 Å². The van der Waals surface area contributed by atoms with Crippen molar-refractivity contribution < 1.29 is 13.2 Å². The fourth-order valence-corrected chi connectivity index (χ4v) is 3.93. The molecule has 0 fully saturated rings. The first kappa shape index (κ1) is 21.4. The van der Waals surface area contributed by atoms with Gasteiger partial charge in [-0.15, -0.1) is 10.2 Å². The van der Waals surface area contributed by atoms with Crippen molar-refractivity contribution in [1.82, 2.24) is 19.1 Å². The normalized spacial score (nSPS) is 11.7. The predicted octanol–water partition coefficient (Wildman–Crippen LogP) is 2.45. The van der Waals surface area contributed by atoms with E-state index < -0.39 is 10.0 Å². The second kappa shape index (κ2) is 9.86. The molecule has 8 nitrogen and oxygen atoms in total. The summed E-state index contributed by atoms with van der Waals surface area (Å²) in [5.74, 6) is 0.0100. The number of nitrogens with zero attached hydrogens (tertiary/aromatic N) is 4. The Balaban J connectivity index is 1.89. The zero-order valence-corrected chi connectivity index (χ0v) is 17.4. The molecule has 1 aromatic carbocycles. The van der Waals surface area contributed by atoms with Crippen molar-refractivity contribution in [3.8, 4) is 0 Å². The summed E-state index contributed by atoms with van der Waals surface area (Å²) in [6, 6.07) is 6.10. The Morgan fingerprint density at radius 1 is 1.22 bits per heavy atom. The van der Waals surface area contributed by atoms with Gasteiger partial charge in [-0.25, -0.2) is 12.7 Å². The van der Waals surface area contributed by atoms with Crippen molar-refractivity contribution >= 4 is 33.4 Å². The van der Waals surface area contributed by atoms with Gasteiger partial charge < -0.3 is 9.88 Å². The van der Waals surface area contributed by atoms with Gasteiger partial charge in [0.15, 0.2) is 5.16 Å². The molecule has 10 heteroatoms. The molecule has 1 aromatic heterocycles. The number of aryl methyl sites for hydroxylation is 1. The maximum atomic E-state index is 12.2. The lowest BCUT2D eigenvalue weighted by atomic mass is 10.2. The van der Waals surface area contributed by atoms with Gasteiger partial charge >= 0.3 is 0 Å². The van der Waals surface area contributed by atoms with E-state index in [0.717, 1.165) is 30.1 Å². The van der Waals surface area contributed by atoms with Crippen molar-refractivity contribution in [2.45, 2.75) is 42.8 Å². The fraction of sp³-hybridized carbons (Fsp3) is 0.471. The highest BCUT2D eigenvalue weighted by Gasteiger charge is 2.17. The topological polar surface area (TPSA) is 97.2 Å². The van der Waals surface area contributed by atoms with E-state index in [2.05, 4.69) is 22.4 Å². The number of thioether (sulfide) groups is 1. The number of unbranched alkanes of at least 4 members (excludes halogenated alkanes) is 2. The van der Waals surface area contributed by atoms with E-state index in [1.807, 2.05) is 4.57 Å². The van der Waals surface area contributed by atoms with Crippen LogP contribution in [0.1, 0.15) is 26.2 Å². The van der Waals surface area contributed by atoms with E-state index in [1.54, 1.807) is 18.5 Å². The number of sulfonamides is 1. The van der Waals surface area contributed by atoms with Crippen LogP contribution in [0.4, 0.5) is 5.69 Å². The molecule has 148 valence electrons. The molecule has 0 atom stereocenters. The van der Waals surface area contributed by atoms with Gasteiger partial charge in [0.2, 0.25) is 15.9 Å². The van der Waals surface area contributed by atoms with Gasteiger partial charge in [0.25, 0.3) is 0 Å². The summed E-state index contributed by atoms with van der Waals surface area (Å²) in [5, 5.41) is 11.4. The van der Waals surface area contributed by atoms with E-state index in [4.69, 9.17) is 0 Å². The smallest absolute Gasteiger partial charge is 0.242 e. The first-order valence-corrected chi connectivity index (χ1v) is 11.1. The van der Waals surface area contributed by atoms with Crippen LogP contribution in [0, 0.1) is 0 Å². The molecule has 0 radical (unpaired) electrons. The average molecular weight is 412 g/mol. The molecule has 0 unspecified atom stereocenters. The Morgan fingerprint density at radius 3 is 2.56 bits per heavy atom. The predicted molar refractivity (Wildman–Crippen MR) is 106 cm³/mol. The number of hydrogen-bond donors (Lipinski definition) is 1. The Morgan fingerprint density at radius 2 is 1.93 bits per heavy atom. The number of hydrogen-bond acceptors (Lipinski definition) is 6. The minimum absolute atomic E-state index is 0.181. The lowest BCUT2D eigenvalue weighted by Crippen LogP contribution is -2.22. The summed E-state index contributed by atoms with van der Waals surface area (Å²) < 4.78 is 27.2. The number of amides is 1. The number of benzene rings is 1. The molecular weight excluding hydrogens is 386 g/mol. The van der Waals surface area contributed by atoms with Crippen LogP contribution < -0.4 is 5.32 Å². The second-order valence-corrected chi connectivity index (χ2v) is 9.26. The average Bonchev–Trinajstić information content (AvgIpc) is 3.08. The van der Waals surface area contributed by atoms with Crippen molar-refractivity contribution in [2.24, 2.45) is 0 Å². The minimum atomic E-state index is -3.48. The fourth-order valence-electron chi connectivity index (χ4n) is 2.29. The third-order valence-electron chi connectivity index (χ3n) is 3.83. The molecule has 1 amide bonds. The van der Waals surface area contributed by atoms with Crippen LogP contribution in [0.25, 0.3) is 0 Å². The molecule has 0 saturated carbocycles. The molecule has 0 saturated heterocycles. The van der Waals surface area contributed by atoms with Gasteiger partial charge in [-0.2, -0.15) is 0 Å². The number of nitrogens with one attached hydrogen (secondary N) is 1. The summed E-state index contributed by atoms with van der Waals surface area (Å²) in [5.41, 5.74) is 0.544. The molecule has 0 bridgehead atoms. The number of rotatable bonds is 10. The minimum Gasteiger partial charge on any atom is -0.325 e. The molecule has 2 rings (SSSR count). The van der Waals surface area contributed by atoms with E-state index in [0.29, 0.717) is 10.8 Å². The van der Waals surface area contributed by atoms with Crippen LogP contribution in [-0.2, 0) is 21.4 Å². The van der Waals surface area contributed by atoms with Gasteiger partial charge in [0.1, 0.15) is 6.33 Å². The van der Waals surface area contributed by atoms with Crippen LogP contribution in [0.3, 0.4) is 0 Å². The van der Waals surface area contributed by atoms with Crippen molar-refractivity contribution in [1.29, 1.82) is 0 Å². The number of aromatic nitrogens is 3. The van der Waals surface area contributed by atoms with Crippen LogP contribution in [0.5, 0.6) is 0 Å². The molecule has 0 spiro atoms. The molecular formula is C17H25N5O3S2. The summed E-state index contributed by atoms with van der Waals surface area (Å²) in [4.78, 5) is 12.3. The second-order valence-electron chi connectivity index (χ2n) is 6.16. The first-order chi connectivity index (χ1) is 12.8. The molecule has 0 aliphatic rings. The van der Waals surface area contributed by atoms with E-state index in [1.165, 1.54) is 38.0 Å². The summed E-state index contributed by atoms with van der Waals surface area (Å²) >= 11 is 1.33. The van der Waals surface area contributed by atoms with Crippen molar-refractivity contribution in [2.75, 3.05) is 25.2 Å². The molecule has 0 aliphatic carbocycles. The lowest BCUT2D eigenvalue weighted by Gasteiger charge is -2.12. The molecule has 1 heterocycles. The third kappa shape index (κ3) is 6.05. The maximum Gasteiger partial charge on any atom is 0.242 e. The SMILES string of the molecule is CCCCCn1cnnc1SCC(=O)Nc1ccc(S(=O)(=O)N(C)C)cc1. The number of carbonyl (C=O) groups is 1. The highest BCUT2D eigenvalue weighted by molar-refractivity contribution is 7.99. The summed E-state index contributed by atoms with van der Waals surface area (Å²) in [6.07, 6.45) is 5.01. The monoisotopic (exact) mass is 411 g/mol. The van der Waals surface area contributed by atoms with E-state index in [-0.39, 0.29) is 16.6 Å². The van der Waals surface area contributed by atoms with Gasteiger partial charge in [0.05, 0.1) is 10.6 Å². The molecule has 1 N–H and O–H groups in total. The number of carbonyl (C=O) groups excluding carboxylic acids is 1. The Labute approximate surface area is 164 Å². The van der Waals surface area contributed by atoms with Gasteiger partial charge in [-0.3, -0.25) is 4.79 Å². The lowest BCUT2D eigenvalue weighted by molar-refractivity contribution is -0.113. The number of anilines is 1. The quantitative estimate of drug-likeness (QED) is 0.476. The molecule has 0 aliphatic heterocycles. The van der Waals surface area contributed by atoms with Crippen LogP contribution in [-0.4, -0.2) is 53.2 Å². The van der Waals surface area contributed by atoms with Crippen LogP contribution in [0.2, 0.25) is 0 Å². The highest BCUT2D eigenvalue weighted by atomic mass is 32.2. The Bertz CT molecular complexity index is 848. The Kier molecular flexibility index (Phi) is 7.81. The summed E-state index contributed by atoms with van der Waals surface area (Å²) in [7, 11) is -0.527. The van der Waals surface area contributed by atoms with Crippen molar-refractivity contribution in [3.05, 3.63) is 30.6 Å². The first-order valence-electron chi connectivity index (χ1n) is 8.67. The van der Waals surface area contributed by atoms with E-state index >= 15 is 0 Å². The third-order valence-corrected chi connectivity index (χ3v) is 6.64. The summed E-state index contributed by atoms with van der Waals surface area (Å²) in [6.45, 7) is 2.99. The highest BCUT2D eigenvalue weighted by Crippen LogP contribution is 2.19. The Hall–Kier alpha value is -1.91. The standard InChI is InChI=1S/C17H25N5O3S2/c1-4-5-6-11-22-13-18-20-17(22)26-12-16(23)19-14-7-9-15(10-8-14)27(24,25)21(2)3/h7-10,13H,4-6,11-12H2,1-3H3,(H,19,23). The molecule has 2 aromatic rings. The zero-order valence-electron chi connectivity index (χ0n) is 15.8.